The fourth-order valence-corrected chi connectivity index (χ4v) is 1.63. The summed E-state index contributed by atoms with van der Waals surface area (Å²) in [5.41, 5.74) is 1.30. The van der Waals surface area contributed by atoms with Crippen LogP contribution in [0, 0.1) is 0 Å². The van der Waals surface area contributed by atoms with Crippen LogP contribution >= 0.6 is 0 Å². The number of nitrogens with one attached hydrogen (secondary N) is 2. The van der Waals surface area contributed by atoms with E-state index in [4.69, 9.17) is 0 Å². The van der Waals surface area contributed by atoms with Gasteiger partial charge in [0.2, 0.25) is 0 Å². The number of aromatic nitrogens is 1. The van der Waals surface area contributed by atoms with Crippen molar-refractivity contribution in [2.75, 3.05) is 5.32 Å². The van der Waals surface area contributed by atoms with E-state index in [1.165, 1.54) is 0 Å². The minimum atomic E-state index is -0.154. The maximum atomic E-state index is 11.9. The third-order valence-corrected chi connectivity index (χ3v) is 2.45. The maximum absolute atomic E-state index is 11.9. The standard InChI is InChI=1S/C12H14N4O/c1-3-9-11(13-4-2)16-10-8(12(17)15-9)6-5-7-14-10/h4-7H,3H2,1-2H3,(H,14,16)(H,15,17)/b13-4-. The van der Waals surface area contributed by atoms with Gasteiger partial charge in [-0.2, -0.15) is 0 Å². The Morgan fingerprint density at radius 3 is 3.00 bits per heavy atom. The molecule has 0 spiro atoms. The van der Waals surface area contributed by atoms with Crippen molar-refractivity contribution >= 4 is 17.9 Å². The number of carbonyl (C=O) groups is 1. The summed E-state index contributed by atoms with van der Waals surface area (Å²) in [5, 5.41) is 5.92. The molecule has 17 heavy (non-hydrogen) atoms. The molecule has 2 rings (SSSR count). The van der Waals surface area contributed by atoms with Gasteiger partial charge in [-0.15, -0.1) is 0 Å². The Kier molecular flexibility index (Phi) is 3.18. The molecule has 0 saturated heterocycles. The number of hydrogen-bond acceptors (Lipinski definition) is 4. The molecule has 88 valence electrons. The number of pyridine rings is 1. The van der Waals surface area contributed by atoms with Gasteiger partial charge in [-0.3, -0.25) is 4.79 Å². The van der Waals surface area contributed by atoms with E-state index < -0.39 is 0 Å². The van der Waals surface area contributed by atoms with Crippen molar-refractivity contribution in [3.05, 3.63) is 35.4 Å². The predicted octanol–water partition coefficient (Wildman–Crippen LogP) is 1.91. The molecule has 0 unspecified atom stereocenters. The molecule has 1 amide bonds. The average Bonchev–Trinajstić information content (AvgIpc) is 2.48. The third kappa shape index (κ3) is 2.18. The highest BCUT2D eigenvalue weighted by Crippen LogP contribution is 2.20. The van der Waals surface area contributed by atoms with Gasteiger partial charge in [0.1, 0.15) is 5.82 Å². The lowest BCUT2D eigenvalue weighted by Gasteiger charge is -2.07. The van der Waals surface area contributed by atoms with Gasteiger partial charge in [-0.1, -0.05) is 6.92 Å². The second-order valence-corrected chi connectivity index (χ2v) is 3.55. The molecule has 0 atom stereocenters. The number of nitrogens with zero attached hydrogens (tertiary/aromatic N) is 2. The monoisotopic (exact) mass is 230 g/mol. The third-order valence-electron chi connectivity index (χ3n) is 2.45. The number of hydrogen-bond donors (Lipinski definition) is 2. The molecule has 5 nitrogen and oxygen atoms in total. The van der Waals surface area contributed by atoms with Crippen LogP contribution in [0.25, 0.3) is 0 Å². The Balaban J connectivity index is 2.49. The lowest BCUT2D eigenvalue weighted by Crippen LogP contribution is -2.22. The van der Waals surface area contributed by atoms with Gasteiger partial charge in [0, 0.05) is 12.4 Å². The van der Waals surface area contributed by atoms with E-state index in [0.29, 0.717) is 23.6 Å². The van der Waals surface area contributed by atoms with Gasteiger partial charge in [0.05, 0.1) is 11.3 Å². The Morgan fingerprint density at radius 2 is 2.29 bits per heavy atom. The lowest BCUT2D eigenvalue weighted by atomic mass is 10.2. The summed E-state index contributed by atoms with van der Waals surface area (Å²) >= 11 is 0. The van der Waals surface area contributed by atoms with Crippen molar-refractivity contribution in [2.24, 2.45) is 4.99 Å². The van der Waals surface area contributed by atoms with Crippen LogP contribution in [0.5, 0.6) is 0 Å². The van der Waals surface area contributed by atoms with Crippen LogP contribution in [-0.2, 0) is 0 Å². The number of carbonyl (C=O) groups excluding carboxylic acids is 1. The van der Waals surface area contributed by atoms with E-state index in [1.54, 1.807) is 24.5 Å². The largest absolute Gasteiger partial charge is 0.323 e. The molecular weight excluding hydrogens is 216 g/mol. The van der Waals surface area contributed by atoms with E-state index >= 15 is 0 Å². The number of aliphatic imine (C=N–C) groups is 1. The van der Waals surface area contributed by atoms with E-state index in [2.05, 4.69) is 20.6 Å². The molecule has 0 aromatic carbocycles. The molecule has 1 aromatic rings. The first-order chi connectivity index (χ1) is 8.26. The SMILES string of the molecule is C/C=N\C1=C(CC)NC(=O)c2cccnc2N1. The molecule has 0 bridgehead atoms. The molecule has 2 N–H and O–H groups in total. The van der Waals surface area contributed by atoms with E-state index in [9.17, 15) is 4.79 Å². The van der Waals surface area contributed by atoms with Crippen molar-refractivity contribution in [3.8, 4) is 0 Å². The van der Waals surface area contributed by atoms with E-state index in [1.807, 2.05) is 13.8 Å². The summed E-state index contributed by atoms with van der Waals surface area (Å²) in [6.45, 7) is 3.79. The first kappa shape index (κ1) is 11.3. The first-order valence-electron chi connectivity index (χ1n) is 5.51. The second kappa shape index (κ2) is 4.78. The highest BCUT2D eigenvalue weighted by atomic mass is 16.1. The number of allylic oxidation sites excluding steroid dienone is 1. The smallest absolute Gasteiger partial charge is 0.259 e. The predicted molar refractivity (Wildman–Crippen MR) is 66.8 cm³/mol. The number of anilines is 1. The summed E-state index contributed by atoms with van der Waals surface area (Å²) in [7, 11) is 0. The van der Waals surface area contributed by atoms with Crippen LogP contribution in [-0.4, -0.2) is 17.1 Å². The molecule has 1 aliphatic rings. The quantitative estimate of drug-likeness (QED) is 0.763. The zero-order valence-electron chi connectivity index (χ0n) is 9.82. The van der Waals surface area contributed by atoms with Crippen LogP contribution < -0.4 is 10.6 Å². The van der Waals surface area contributed by atoms with Crippen molar-refractivity contribution < 1.29 is 4.79 Å². The fourth-order valence-electron chi connectivity index (χ4n) is 1.63. The minimum Gasteiger partial charge on any atom is -0.323 e. The second-order valence-electron chi connectivity index (χ2n) is 3.55. The van der Waals surface area contributed by atoms with Crippen molar-refractivity contribution in [2.45, 2.75) is 20.3 Å². The van der Waals surface area contributed by atoms with Gasteiger partial charge >= 0.3 is 0 Å². The fraction of sp³-hybridized carbons (Fsp3) is 0.250. The number of amides is 1. The molecular formula is C12H14N4O. The topological polar surface area (TPSA) is 66.4 Å². The summed E-state index contributed by atoms with van der Waals surface area (Å²) in [4.78, 5) is 20.3. The molecule has 1 aliphatic heterocycles. The maximum Gasteiger partial charge on any atom is 0.259 e. The zero-order chi connectivity index (χ0) is 12.3. The molecule has 1 aromatic heterocycles. The first-order valence-corrected chi connectivity index (χ1v) is 5.51. The molecule has 0 aliphatic carbocycles. The Labute approximate surface area is 99.7 Å². The van der Waals surface area contributed by atoms with E-state index in [0.717, 1.165) is 5.70 Å². The van der Waals surface area contributed by atoms with E-state index in [-0.39, 0.29) is 5.91 Å². The Bertz CT molecular complexity index is 505. The Hall–Kier alpha value is -2.17. The highest BCUT2D eigenvalue weighted by Gasteiger charge is 2.20. The Morgan fingerprint density at radius 1 is 1.47 bits per heavy atom. The molecule has 2 heterocycles. The van der Waals surface area contributed by atoms with Crippen molar-refractivity contribution in [1.29, 1.82) is 0 Å². The van der Waals surface area contributed by atoms with Crippen molar-refractivity contribution in [1.82, 2.24) is 10.3 Å². The molecule has 5 heteroatoms. The minimum absolute atomic E-state index is 0.154. The summed E-state index contributed by atoms with van der Waals surface area (Å²) in [5.74, 6) is 1.02. The average molecular weight is 230 g/mol. The molecule has 0 fully saturated rings. The van der Waals surface area contributed by atoms with Crippen LogP contribution in [0.1, 0.15) is 30.6 Å². The number of fused-ring (bicyclic) bond motifs is 1. The lowest BCUT2D eigenvalue weighted by molar-refractivity contribution is 0.0966. The van der Waals surface area contributed by atoms with Crippen LogP contribution in [0.3, 0.4) is 0 Å². The van der Waals surface area contributed by atoms with Gasteiger partial charge < -0.3 is 10.6 Å². The number of rotatable bonds is 2. The van der Waals surface area contributed by atoms with Crippen LogP contribution in [0.15, 0.2) is 34.8 Å². The highest BCUT2D eigenvalue weighted by molar-refractivity contribution is 6.00. The zero-order valence-corrected chi connectivity index (χ0v) is 9.82. The van der Waals surface area contributed by atoms with Gasteiger partial charge in [0.15, 0.2) is 5.82 Å². The van der Waals surface area contributed by atoms with Gasteiger partial charge in [-0.25, -0.2) is 9.98 Å². The van der Waals surface area contributed by atoms with Crippen molar-refractivity contribution in [3.63, 3.8) is 0 Å². The summed E-state index contributed by atoms with van der Waals surface area (Å²) < 4.78 is 0. The van der Waals surface area contributed by atoms with Gasteiger partial charge in [0.25, 0.3) is 5.91 Å². The molecule has 0 saturated carbocycles. The van der Waals surface area contributed by atoms with Crippen LogP contribution in [0.2, 0.25) is 0 Å². The molecule has 0 radical (unpaired) electrons. The normalized spacial score (nSPS) is 15.3. The summed E-state index contributed by atoms with van der Waals surface area (Å²) in [6.07, 6.45) is 4.01. The van der Waals surface area contributed by atoms with Gasteiger partial charge in [-0.05, 0) is 25.5 Å². The summed E-state index contributed by atoms with van der Waals surface area (Å²) in [6, 6.07) is 3.47. The van der Waals surface area contributed by atoms with Crippen LogP contribution in [0.4, 0.5) is 5.82 Å².